The standard InChI is InChI=1S/C19H20F3N4O2P/c1-10-25-15-8-16(27)17(29(2,3)28)7-14(15)18(26-10)24-9-11-4-12(19(20,21)22)6-13(23)5-11/h4-8,27H,9,23H2,1-3H3,(H,24,25,26). The Balaban J connectivity index is 2.02. The van der Waals surface area contributed by atoms with Gasteiger partial charge in [0, 0.05) is 23.7 Å². The Morgan fingerprint density at radius 2 is 1.83 bits per heavy atom. The molecule has 4 N–H and O–H groups in total. The van der Waals surface area contributed by atoms with E-state index in [-0.39, 0.29) is 23.3 Å². The number of nitrogens with zero attached hydrogens (tertiary/aromatic N) is 2. The maximum absolute atomic E-state index is 13.0. The molecule has 0 fully saturated rings. The van der Waals surface area contributed by atoms with Crippen LogP contribution in [0.4, 0.5) is 24.7 Å². The SMILES string of the molecule is Cc1nc(NCc2cc(N)cc(C(F)(F)F)c2)c2cc(P(C)(C)=O)c(O)cc2n1. The highest BCUT2D eigenvalue weighted by Crippen LogP contribution is 2.40. The van der Waals surface area contributed by atoms with E-state index in [9.17, 15) is 22.8 Å². The van der Waals surface area contributed by atoms with Crippen LogP contribution in [-0.4, -0.2) is 28.4 Å². The highest BCUT2D eigenvalue weighted by atomic mass is 31.2. The van der Waals surface area contributed by atoms with Gasteiger partial charge in [0.15, 0.2) is 0 Å². The topological polar surface area (TPSA) is 101 Å². The molecule has 0 aliphatic heterocycles. The summed E-state index contributed by atoms with van der Waals surface area (Å²) in [6.07, 6.45) is -4.50. The van der Waals surface area contributed by atoms with E-state index >= 15 is 0 Å². The van der Waals surface area contributed by atoms with E-state index in [0.717, 1.165) is 12.1 Å². The molecule has 10 heteroatoms. The Morgan fingerprint density at radius 1 is 1.14 bits per heavy atom. The lowest BCUT2D eigenvalue weighted by Crippen LogP contribution is -2.10. The van der Waals surface area contributed by atoms with Crippen molar-refractivity contribution < 1.29 is 22.8 Å². The zero-order chi connectivity index (χ0) is 21.6. The van der Waals surface area contributed by atoms with Gasteiger partial charge in [-0.15, -0.1) is 0 Å². The Morgan fingerprint density at radius 3 is 2.45 bits per heavy atom. The summed E-state index contributed by atoms with van der Waals surface area (Å²) >= 11 is 0. The number of fused-ring (bicyclic) bond motifs is 1. The molecule has 29 heavy (non-hydrogen) atoms. The number of nitrogen functional groups attached to an aromatic ring is 1. The second-order valence-electron chi connectivity index (χ2n) is 7.14. The number of phenolic OH excluding ortho intramolecular Hbond substituents is 1. The van der Waals surface area contributed by atoms with E-state index < -0.39 is 18.9 Å². The molecule has 0 unspecified atom stereocenters. The van der Waals surface area contributed by atoms with Crippen molar-refractivity contribution in [2.45, 2.75) is 19.6 Å². The fourth-order valence-corrected chi connectivity index (χ4v) is 4.06. The summed E-state index contributed by atoms with van der Waals surface area (Å²) in [5, 5.41) is 14.0. The number of anilines is 2. The number of aromatic nitrogens is 2. The van der Waals surface area contributed by atoms with Gasteiger partial charge in [0.25, 0.3) is 0 Å². The monoisotopic (exact) mass is 424 g/mol. The second kappa shape index (κ2) is 7.22. The molecule has 154 valence electrons. The van der Waals surface area contributed by atoms with E-state index in [1.165, 1.54) is 25.5 Å². The quantitative estimate of drug-likeness (QED) is 0.431. The summed E-state index contributed by atoms with van der Waals surface area (Å²) in [5.74, 6) is 0.644. The molecule has 0 amide bonds. The number of halogens is 3. The number of aromatic hydroxyl groups is 1. The smallest absolute Gasteiger partial charge is 0.416 e. The van der Waals surface area contributed by atoms with Crippen LogP contribution in [0.1, 0.15) is 17.0 Å². The molecule has 0 aliphatic rings. The fraction of sp³-hybridized carbons (Fsp3) is 0.263. The number of hydrogen-bond acceptors (Lipinski definition) is 6. The third-order valence-corrected chi connectivity index (χ3v) is 5.80. The number of rotatable bonds is 4. The first kappa shape index (κ1) is 20.9. The molecule has 0 atom stereocenters. The normalized spacial score (nSPS) is 12.3. The zero-order valence-electron chi connectivity index (χ0n) is 16.0. The lowest BCUT2D eigenvalue weighted by atomic mass is 10.1. The van der Waals surface area contributed by atoms with Crippen molar-refractivity contribution in [1.29, 1.82) is 0 Å². The lowest BCUT2D eigenvalue weighted by Gasteiger charge is -2.15. The van der Waals surface area contributed by atoms with Crippen molar-refractivity contribution in [3.8, 4) is 5.75 Å². The predicted molar refractivity (Wildman–Crippen MR) is 108 cm³/mol. The van der Waals surface area contributed by atoms with Crippen LogP contribution in [0.15, 0.2) is 30.3 Å². The van der Waals surface area contributed by atoms with Crippen molar-refractivity contribution in [3.63, 3.8) is 0 Å². The largest absolute Gasteiger partial charge is 0.507 e. The molecule has 0 aliphatic carbocycles. The molecule has 1 heterocycles. The highest BCUT2D eigenvalue weighted by Gasteiger charge is 2.31. The molecule has 2 aromatic carbocycles. The number of nitrogens with two attached hydrogens (primary N) is 1. The van der Waals surface area contributed by atoms with Crippen molar-refractivity contribution >= 4 is 34.9 Å². The molecule has 0 saturated heterocycles. The average molecular weight is 424 g/mol. The first-order valence-corrected chi connectivity index (χ1v) is 11.2. The van der Waals surface area contributed by atoms with Crippen molar-refractivity contribution in [1.82, 2.24) is 9.97 Å². The van der Waals surface area contributed by atoms with Gasteiger partial charge in [-0.2, -0.15) is 13.2 Å². The van der Waals surface area contributed by atoms with Crippen molar-refractivity contribution in [3.05, 3.63) is 47.3 Å². The minimum atomic E-state index is -4.50. The third kappa shape index (κ3) is 4.62. The molecule has 0 radical (unpaired) electrons. The van der Waals surface area contributed by atoms with Crippen LogP contribution in [-0.2, 0) is 17.3 Å². The summed E-state index contributed by atoms with van der Waals surface area (Å²) in [6.45, 7) is 4.75. The van der Waals surface area contributed by atoms with Crippen LogP contribution in [0, 0.1) is 6.92 Å². The second-order valence-corrected chi connectivity index (χ2v) is 10.3. The van der Waals surface area contributed by atoms with E-state index in [1.54, 1.807) is 13.0 Å². The molecule has 0 saturated carbocycles. The molecular formula is C19H20F3N4O2P. The maximum Gasteiger partial charge on any atom is 0.416 e. The highest BCUT2D eigenvalue weighted by molar-refractivity contribution is 7.70. The number of phenols is 1. The van der Waals surface area contributed by atoms with E-state index in [2.05, 4.69) is 15.3 Å². The average Bonchev–Trinajstić information content (AvgIpc) is 2.56. The first-order valence-electron chi connectivity index (χ1n) is 8.62. The van der Waals surface area contributed by atoms with Gasteiger partial charge in [-0.1, -0.05) is 0 Å². The summed E-state index contributed by atoms with van der Waals surface area (Å²) in [6, 6.07) is 6.30. The number of hydrogen-bond donors (Lipinski definition) is 3. The Bertz CT molecular complexity index is 1140. The fourth-order valence-electron chi connectivity index (χ4n) is 3.01. The lowest BCUT2D eigenvalue weighted by molar-refractivity contribution is -0.137. The Hall–Kier alpha value is -2.80. The van der Waals surface area contributed by atoms with Crippen molar-refractivity contribution in [2.75, 3.05) is 24.4 Å². The van der Waals surface area contributed by atoms with E-state index in [1.807, 2.05) is 0 Å². The molecule has 0 bridgehead atoms. The van der Waals surface area contributed by atoms with Gasteiger partial charge in [-0.3, -0.25) is 0 Å². The van der Waals surface area contributed by atoms with Gasteiger partial charge in [0.1, 0.15) is 24.5 Å². The minimum Gasteiger partial charge on any atom is -0.507 e. The van der Waals surface area contributed by atoms with Crippen LogP contribution < -0.4 is 16.4 Å². The number of benzene rings is 2. The molecule has 3 aromatic rings. The first-order chi connectivity index (χ1) is 13.3. The number of nitrogens with one attached hydrogen (secondary N) is 1. The van der Waals surface area contributed by atoms with Gasteiger partial charge in [-0.05, 0) is 50.1 Å². The number of aryl methyl sites for hydroxylation is 1. The Labute approximate surface area is 165 Å². The number of alkyl halides is 3. The molecule has 3 rings (SSSR count). The van der Waals surface area contributed by atoms with E-state index in [0.29, 0.717) is 28.1 Å². The van der Waals surface area contributed by atoms with E-state index in [4.69, 9.17) is 5.73 Å². The summed E-state index contributed by atoms with van der Waals surface area (Å²) in [5.41, 5.74) is 5.55. The van der Waals surface area contributed by atoms with Crippen LogP contribution in [0.3, 0.4) is 0 Å². The predicted octanol–water partition coefficient (Wildman–Crippen LogP) is 4.10. The zero-order valence-corrected chi connectivity index (χ0v) is 16.9. The third-order valence-electron chi connectivity index (χ3n) is 4.29. The van der Waals surface area contributed by atoms with Gasteiger partial charge in [-0.25, -0.2) is 9.97 Å². The Kier molecular flexibility index (Phi) is 5.21. The molecule has 6 nitrogen and oxygen atoms in total. The minimum absolute atomic E-state index is 0.00506. The van der Waals surface area contributed by atoms with Crippen LogP contribution in [0.25, 0.3) is 10.9 Å². The van der Waals surface area contributed by atoms with Gasteiger partial charge >= 0.3 is 6.18 Å². The molecular weight excluding hydrogens is 404 g/mol. The van der Waals surface area contributed by atoms with Crippen LogP contribution in [0.5, 0.6) is 5.75 Å². The van der Waals surface area contributed by atoms with Crippen LogP contribution in [0.2, 0.25) is 0 Å². The summed E-state index contributed by atoms with van der Waals surface area (Å²) in [4.78, 5) is 8.58. The summed E-state index contributed by atoms with van der Waals surface area (Å²) in [7, 11) is -2.78. The maximum atomic E-state index is 13.0. The van der Waals surface area contributed by atoms with Crippen LogP contribution >= 0.6 is 7.14 Å². The van der Waals surface area contributed by atoms with Gasteiger partial charge < -0.3 is 20.7 Å². The van der Waals surface area contributed by atoms with Gasteiger partial charge in [0.05, 0.1) is 16.4 Å². The van der Waals surface area contributed by atoms with Gasteiger partial charge in [0.2, 0.25) is 0 Å². The molecule has 0 spiro atoms. The molecule has 1 aromatic heterocycles. The summed E-state index contributed by atoms with van der Waals surface area (Å²) < 4.78 is 51.5. The van der Waals surface area contributed by atoms with Crippen molar-refractivity contribution in [2.24, 2.45) is 0 Å².